The number of hydrogen-bond acceptors (Lipinski definition) is 3. The summed E-state index contributed by atoms with van der Waals surface area (Å²) in [6.07, 6.45) is 0.993. The quantitative estimate of drug-likeness (QED) is 0.631. The molecule has 84 valence electrons. The van der Waals surface area contributed by atoms with Gasteiger partial charge in [0.1, 0.15) is 5.54 Å². The standard InChI is InChI=1S/C10H16N2O3/c1-9(2,3)8(15)12-10(4-5-10)6(13)7(11)14/h4-5H2,1-3H3,(H2,11,14)(H,12,15). The molecular formula is C10H16N2O3. The number of primary amides is 1. The first kappa shape index (κ1) is 11.7. The van der Waals surface area contributed by atoms with Crippen molar-refractivity contribution < 1.29 is 14.4 Å². The molecule has 1 aliphatic carbocycles. The molecule has 2 amide bonds. The normalized spacial score (nSPS) is 18.1. The highest BCUT2D eigenvalue weighted by molar-refractivity contribution is 6.40. The molecule has 0 heterocycles. The average molecular weight is 212 g/mol. The molecule has 5 nitrogen and oxygen atoms in total. The molecule has 15 heavy (non-hydrogen) atoms. The van der Waals surface area contributed by atoms with Crippen LogP contribution in [0.1, 0.15) is 33.6 Å². The lowest BCUT2D eigenvalue weighted by atomic mass is 9.94. The maximum absolute atomic E-state index is 11.6. The minimum Gasteiger partial charge on any atom is -0.363 e. The second kappa shape index (κ2) is 3.32. The lowest BCUT2D eigenvalue weighted by molar-refractivity contribution is -0.140. The molecular weight excluding hydrogens is 196 g/mol. The number of Topliss-reactive ketones (excluding diaryl/α,β-unsaturated/α-hetero) is 1. The van der Waals surface area contributed by atoms with Crippen molar-refractivity contribution in [2.75, 3.05) is 0 Å². The Balaban J connectivity index is 2.71. The predicted molar refractivity (Wildman–Crippen MR) is 53.8 cm³/mol. The van der Waals surface area contributed by atoms with Crippen molar-refractivity contribution in [1.29, 1.82) is 0 Å². The Kier molecular flexibility index (Phi) is 2.59. The van der Waals surface area contributed by atoms with Gasteiger partial charge >= 0.3 is 0 Å². The predicted octanol–water partition coefficient (Wildman–Crippen LogP) is -0.264. The Morgan fingerprint density at radius 2 is 1.67 bits per heavy atom. The zero-order valence-electron chi connectivity index (χ0n) is 9.22. The average Bonchev–Trinajstić information content (AvgIpc) is 2.82. The molecule has 1 saturated carbocycles. The van der Waals surface area contributed by atoms with Gasteiger partial charge in [-0.05, 0) is 12.8 Å². The largest absolute Gasteiger partial charge is 0.363 e. The molecule has 1 rings (SSSR count). The first-order chi connectivity index (χ1) is 6.69. The molecule has 1 aliphatic rings. The van der Waals surface area contributed by atoms with Crippen LogP contribution in [0.15, 0.2) is 0 Å². The van der Waals surface area contributed by atoms with Crippen molar-refractivity contribution in [2.45, 2.75) is 39.2 Å². The highest BCUT2D eigenvalue weighted by Crippen LogP contribution is 2.37. The maximum Gasteiger partial charge on any atom is 0.287 e. The van der Waals surface area contributed by atoms with Gasteiger partial charge in [-0.3, -0.25) is 14.4 Å². The zero-order chi connectivity index (χ0) is 11.9. The van der Waals surface area contributed by atoms with Gasteiger partial charge in [-0.1, -0.05) is 20.8 Å². The Hall–Kier alpha value is -1.39. The van der Waals surface area contributed by atoms with E-state index in [2.05, 4.69) is 5.32 Å². The minimum absolute atomic E-state index is 0.241. The number of ketones is 1. The van der Waals surface area contributed by atoms with E-state index in [1.165, 1.54) is 0 Å². The van der Waals surface area contributed by atoms with Crippen LogP contribution in [-0.4, -0.2) is 23.1 Å². The molecule has 0 aromatic carbocycles. The molecule has 5 heteroatoms. The third kappa shape index (κ3) is 2.34. The molecule has 0 unspecified atom stereocenters. The van der Waals surface area contributed by atoms with Gasteiger partial charge in [0.25, 0.3) is 5.91 Å². The second-order valence-electron chi connectivity index (χ2n) is 4.98. The molecule has 0 aromatic heterocycles. The topological polar surface area (TPSA) is 89.3 Å². The molecule has 0 saturated heterocycles. The van der Waals surface area contributed by atoms with Crippen LogP contribution in [0, 0.1) is 5.41 Å². The fourth-order valence-electron chi connectivity index (χ4n) is 1.17. The van der Waals surface area contributed by atoms with Gasteiger partial charge in [-0.25, -0.2) is 0 Å². The fraction of sp³-hybridized carbons (Fsp3) is 0.700. The summed E-state index contributed by atoms with van der Waals surface area (Å²) in [6, 6.07) is 0. The number of carbonyl (C=O) groups excluding carboxylic acids is 3. The van der Waals surface area contributed by atoms with Crippen molar-refractivity contribution in [3.05, 3.63) is 0 Å². The van der Waals surface area contributed by atoms with Gasteiger partial charge in [-0.15, -0.1) is 0 Å². The van der Waals surface area contributed by atoms with Crippen LogP contribution in [0.5, 0.6) is 0 Å². The van der Waals surface area contributed by atoms with Gasteiger partial charge in [0, 0.05) is 5.41 Å². The lowest BCUT2D eigenvalue weighted by Crippen LogP contribution is -2.51. The zero-order valence-corrected chi connectivity index (χ0v) is 9.22. The van der Waals surface area contributed by atoms with E-state index < -0.39 is 22.6 Å². The second-order valence-corrected chi connectivity index (χ2v) is 4.98. The molecule has 0 radical (unpaired) electrons. The Morgan fingerprint density at radius 1 is 1.20 bits per heavy atom. The summed E-state index contributed by atoms with van der Waals surface area (Å²) in [7, 11) is 0. The summed E-state index contributed by atoms with van der Waals surface area (Å²) in [4.78, 5) is 33.8. The first-order valence-electron chi connectivity index (χ1n) is 4.86. The molecule has 0 bridgehead atoms. The molecule has 0 aliphatic heterocycles. The third-order valence-corrected chi connectivity index (χ3v) is 2.44. The summed E-state index contributed by atoms with van der Waals surface area (Å²) >= 11 is 0. The molecule has 0 atom stereocenters. The van der Waals surface area contributed by atoms with Crippen LogP contribution in [0.4, 0.5) is 0 Å². The minimum atomic E-state index is -1.00. The Labute approximate surface area is 88.4 Å². The summed E-state index contributed by atoms with van der Waals surface area (Å²) in [6.45, 7) is 5.23. The van der Waals surface area contributed by atoms with E-state index in [0.29, 0.717) is 12.8 Å². The van der Waals surface area contributed by atoms with Crippen molar-refractivity contribution in [3.63, 3.8) is 0 Å². The van der Waals surface area contributed by atoms with E-state index >= 15 is 0 Å². The van der Waals surface area contributed by atoms with Gasteiger partial charge < -0.3 is 11.1 Å². The number of hydrogen-bond donors (Lipinski definition) is 2. The summed E-state index contributed by atoms with van der Waals surface area (Å²) in [5.41, 5.74) is 3.33. The van der Waals surface area contributed by atoms with E-state index in [-0.39, 0.29) is 5.91 Å². The summed E-state index contributed by atoms with van der Waals surface area (Å²) in [5.74, 6) is -1.92. The van der Waals surface area contributed by atoms with Crippen LogP contribution >= 0.6 is 0 Å². The van der Waals surface area contributed by atoms with Crippen molar-refractivity contribution in [1.82, 2.24) is 5.32 Å². The third-order valence-electron chi connectivity index (χ3n) is 2.44. The smallest absolute Gasteiger partial charge is 0.287 e. The Bertz CT molecular complexity index is 324. The number of nitrogens with two attached hydrogens (primary N) is 1. The summed E-state index contributed by atoms with van der Waals surface area (Å²) < 4.78 is 0. The number of carbonyl (C=O) groups is 3. The van der Waals surface area contributed by atoms with Gasteiger partial charge in [0.05, 0.1) is 0 Å². The summed E-state index contributed by atoms with van der Waals surface area (Å²) in [5, 5.41) is 2.60. The van der Waals surface area contributed by atoms with Crippen LogP contribution < -0.4 is 11.1 Å². The van der Waals surface area contributed by atoms with Crippen LogP contribution in [-0.2, 0) is 14.4 Å². The Morgan fingerprint density at radius 3 is 1.93 bits per heavy atom. The number of amides is 2. The van der Waals surface area contributed by atoms with E-state index in [0.717, 1.165) is 0 Å². The van der Waals surface area contributed by atoms with E-state index in [1.54, 1.807) is 20.8 Å². The van der Waals surface area contributed by atoms with E-state index in [9.17, 15) is 14.4 Å². The van der Waals surface area contributed by atoms with Gasteiger partial charge in [-0.2, -0.15) is 0 Å². The van der Waals surface area contributed by atoms with Crippen LogP contribution in [0.2, 0.25) is 0 Å². The van der Waals surface area contributed by atoms with Gasteiger partial charge in [0.15, 0.2) is 0 Å². The van der Waals surface area contributed by atoms with Crippen molar-refractivity contribution in [2.24, 2.45) is 11.1 Å². The van der Waals surface area contributed by atoms with E-state index in [4.69, 9.17) is 5.73 Å². The highest BCUT2D eigenvalue weighted by Gasteiger charge is 2.53. The highest BCUT2D eigenvalue weighted by atomic mass is 16.2. The first-order valence-corrected chi connectivity index (χ1v) is 4.86. The SMILES string of the molecule is CC(C)(C)C(=O)NC1(C(=O)C(N)=O)CC1. The lowest BCUT2D eigenvalue weighted by Gasteiger charge is -2.22. The van der Waals surface area contributed by atoms with Gasteiger partial charge in [0.2, 0.25) is 11.7 Å². The fourth-order valence-corrected chi connectivity index (χ4v) is 1.17. The monoisotopic (exact) mass is 212 g/mol. The molecule has 0 aromatic rings. The van der Waals surface area contributed by atoms with E-state index in [1.807, 2.05) is 0 Å². The molecule has 0 spiro atoms. The number of nitrogens with one attached hydrogen (secondary N) is 1. The van der Waals surface area contributed by atoms with Crippen LogP contribution in [0.3, 0.4) is 0 Å². The molecule has 3 N–H and O–H groups in total. The molecule has 1 fully saturated rings. The maximum atomic E-state index is 11.6. The number of rotatable bonds is 3. The van der Waals surface area contributed by atoms with Crippen molar-refractivity contribution >= 4 is 17.6 Å². The van der Waals surface area contributed by atoms with Crippen LogP contribution in [0.25, 0.3) is 0 Å². The van der Waals surface area contributed by atoms with Crippen molar-refractivity contribution in [3.8, 4) is 0 Å².